The minimum absolute atomic E-state index is 0.519. The van der Waals surface area contributed by atoms with Crippen LogP contribution in [0.4, 0.5) is 5.95 Å². The zero-order valence-corrected chi connectivity index (χ0v) is 18.8. The number of morpholine rings is 1. The Hall–Kier alpha value is -2.42. The number of anilines is 1. The largest absolute Gasteiger partial charge is 0.486 e. The lowest BCUT2D eigenvalue weighted by molar-refractivity contribution is 0.122. The molecule has 3 heterocycles. The third-order valence-corrected chi connectivity index (χ3v) is 6.48. The standard InChI is InChI=1S/C22H23ClN4O3S/c1-15-3-2-4-17(11-15)27-21(26-5-7-28-8-6-26)24-25-22(27)31-14-16-12-18(23)20-19(13-16)29-9-10-30-20/h2-4,11-13H,5-10,14H2,1H3. The van der Waals surface area contributed by atoms with Gasteiger partial charge in [0.2, 0.25) is 5.95 Å². The van der Waals surface area contributed by atoms with Crippen LogP contribution in [0.1, 0.15) is 11.1 Å². The molecule has 0 aliphatic carbocycles. The zero-order chi connectivity index (χ0) is 21.2. The minimum Gasteiger partial charge on any atom is -0.486 e. The summed E-state index contributed by atoms with van der Waals surface area (Å²) in [5.74, 6) is 2.85. The number of aryl methyl sites for hydroxylation is 1. The molecule has 2 aliphatic heterocycles. The van der Waals surface area contributed by atoms with Gasteiger partial charge in [-0.2, -0.15) is 0 Å². The van der Waals surface area contributed by atoms with Gasteiger partial charge >= 0.3 is 0 Å². The van der Waals surface area contributed by atoms with Crippen molar-refractivity contribution in [1.29, 1.82) is 0 Å². The number of halogens is 1. The van der Waals surface area contributed by atoms with Gasteiger partial charge in [0.05, 0.1) is 23.9 Å². The number of benzene rings is 2. The molecule has 0 bridgehead atoms. The van der Waals surface area contributed by atoms with Crippen LogP contribution in [0.15, 0.2) is 41.6 Å². The second-order valence-corrected chi connectivity index (χ2v) is 8.80. The number of hydrogen-bond donors (Lipinski definition) is 0. The van der Waals surface area contributed by atoms with Crippen LogP contribution in [0.3, 0.4) is 0 Å². The first-order valence-corrected chi connectivity index (χ1v) is 11.6. The van der Waals surface area contributed by atoms with Gasteiger partial charge < -0.3 is 19.1 Å². The first kappa shape index (κ1) is 20.5. The van der Waals surface area contributed by atoms with E-state index in [1.807, 2.05) is 12.1 Å². The summed E-state index contributed by atoms with van der Waals surface area (Å²) in [6.07, 6.45) is 0. The van der Waals surface area contributed by atoms with Gasteiger partial charge in [0.25, 0.3) is 0 Å². The van der Waals surface area contributed by atoms with Gasteiger partial charge in [-0.05, 0) is 42.3 Å². The van der Waals surface area contributed by atoms with Crippen molar-refractivity contribution in [2.75, 3.05) is 44.4 Å². The van der Waals surface area contributed by atoms with E-state index >= 15 is 0 Å². The van der Waals surface area contributed by atoms with Crippen LogP contribution in [0.2, 0.25) is 5.02 Å². The van der Waals surface area contributed by atoms with E-state index in [0.717, 1.165) is 35.4 Å². The van der Waals surface area contributed by atoms with Crippen LogP contribution >= 0.6 is 23.4 Å². The Morgan fingerprint density at radius 1 is 1.03 bits per heavy atom. The van der Waals surface area contributed by atoms with Gasteiger partial charge in [0.1, 0.15) is 13.2 Å². The molecule has 0 N–H and O–H groups in total. The smallest absolute Gasteiger partial charge is 0.232 e. The fraction of sp³-hybridized carbons (Fsp3) is 0.364. The van der Waals surface area contributed by atoms with Crippen molar-refractivity contribution in [1.82, 2.24) is 14.8 Å². The van der Waals surface area contributed by atoms with E-state index in [1.165, 1.54) is 5.56 Å². The van der Waals surface area contributed by atoms with Crippen LogP contribution in [0, 0.1) is 6.92 Å². The molecule has 0 spiro atoms. The Labute approximate surface area is 190 Å². The number of nitrogens with zero attached hydrogens (tertiary/aromatic N) is 4. The highest BCUT2D eigenvalue weighted by Gasteiger charge is 2.23. The maximum Gasteiger partial charge on any atom is 0.232 e. The van der Waals surface area contributed by atoms with Crippen LogP contribution in [-0.2, 0) is 10.5 Å². The summed E-state index contributed by atoms with van der Waals surface area (Å²) in [7, 11) is 0. The third-order valence-electron chi connectivity index (χ3n) is 5.19. The van der Waals surface area contributed by atoms with Crippen LogP contribution in [-0.4, -0.2) is 54.3 Å². The summed E-state index contributed by atoms with van der Waals surface area (Å²) in [6, 6.07) is 12.3. The van der Waals surface area contributed by atoms with Crippen LogP contribution in [0.25, 0.3) is 5.69 Å². The molecule has 7 nitrogen and oxygen atoms in total. The lowest BCUT2D eigenvalue weighted by Crippen LogP contribution is -2.37. The SMILES string of the molecule is Cc1cccc(-n2c(SCc3cc(Cl)c4c(c3)OCCO4)nnc2N2CCOCC2)c1. The van der Waals surface area contributed by atoms with E-state index in [4.69, 9.17) is 25.8 Å². The van der Waals surface area contributed by atoms with Crippen molar-refractivity contribution in [3.05, 3.63) is 52.5 Å². The van der Waals surface area contributed by atoms with Gasteiger partial charge in [-0.15, -0.1) is 10.2 Å². The Bertz CT molecular complexity index is 1080. The highest BCUT2D eigenvalue weighted by Crippen LogP contribution is 2.40. The molecule has 1 aromatic heterocycles. The maximum absolute atomic E-state index is 6.41. The molecule has 9 heteroatoms. The van der Waals surface area contributed by atoms with Crippen molar-refractivity contribution in [2.24, 2.45) is 0 Å². The molecule has 0 atom stereocenters. The topological polar surface area (TPSA) is 61.6 Å². The summed E-state index contributed by atoms with van der Waals surface area (Å²) in [6.45, 7) is 6.12. The first-order chi connectivity index (χ1) is 15.2. The fourth-order valence-corrected chi connectivity index (χ4v) is 4.88. The minimum atomic E-state index is 0.519. The molecule has 0 radical (unpaired) electrons. The van der Waals surface area contributed by atoms with Crippen molar-refractivity contribution in [2.45, 2.75) is 17.8 Å². The molecule has 1 fully saturated rings. The van der Waals surface area contributed by atoms with Crippen LogP contribution < -0.4 is 14.4 Å². The summed E-state index contributed by atoms with van der Waals surface area (Å²) in [5, 5.41) is 10.5. The molecule has 5 rings (SSSR count). The quantitative estimate of drug-likeness (QED) is 0.533. The molecule has 162 valence electrons. The molecule has 0 unspecified atom stereocenters. The molecular weight excluding hydrogens is 436 g/mol. The van der Waals surface area contributed by atoms with Gasteiger partial charge in [0, 0.05) is 18.8 Å². The second-order valence-electron chi connectivity index (χ2n) is 7.45. The summed E-state index contributed by atoms with van der Waals surface area (Å²) in [5.41, 5.74) is 3.29. The summed E-state index contributed by atoms with van der Waals surface area (Å²) >= 11 is 8.03. The van der Waals surface area contributed by atoms with Gasteiger partial charge in [-0.25, -0.2) is 0 Å². The highest BCUT2D eigenvalue weighted by molar-refractivity contribution is 7.98. The van der Waals surface area contributed by atoms with E-state index in [1.54, 1.807) is 11.8 Å². The lowest BCUT2D eigenvalue weighted by atomic mass is 10.2. The van der Waals surface area contributed by atoms with E-state index in [9.17, 15) is 0 Å². The van der Waals surface area contributed by atoms with Crippen LogP contribution in [0.5, 0.6) is 11.5 Å². The number of hydrogen-bond acceptors (Lipinski definition) is 7. The molecule has 0 saturated carbocycles. The van der Waals surface area contributed by atoms with E-state index < -0.39 is 0 Å². The van der Waals surface area contributed by atoms with E-state index in [2.05, 4.69) is 50.9 Å². The predicted octanol–water partition coefficient (Wildman–Crippen LogP) is 4.13. The average molecular weight is 459 g/mol. The van der Waals surface area contributed by atoms with Gasteiger partial charge in [-0.3, -0.25) is 4.57 Å². The molecule has 31 heavy (non-hydrogen) atoms. The predicted molar refractivity (Wildman–Crippen MR) is 121 cm³/mol. The third kappa shape index (κ3) is 4.33. The number of aromatic nitrogens is 3. The van der Waals surface area contributed by atoms with Crippen molar-refractivity contribution >= 4 is 29.3 Å². The van der Waals surface area contributed by atoms with Crippen molar-refractivity contribution in [3.8, 4) is 17.2 Å². The molecule has 2 aromatic carbocycles. The maximum atomic E-state index is 6.41. The molecule has 3 aromatic rings. The number of ether oxygens (including phenoxy) is 3. The second kappa shape index (κ2) is 8.98. The molecule has 0 amide bonds. The van der Waals surface area contributed by atoms with E-state index in [0.29, 0.717) is 48.7 Å². The lowest BCUT2D eigenvalue weighted by Gasteiger charge is -2.28. The average Bonchev–Trinajstić information content (AvgIpc) is 3.22. The van der Waals surface area contributed by atoms with Crippen molar-refractivity contribution < 1.29 is 14.2 Å². The Morgan fingerprint density at radius 3 is 2.71 bits per heavy atom. The number of thioether (sulfide) groups is 1. The molecule has 2 aliphatic rings. The Morgan fingerprint density at radius 2 is 1.87 bits per heavy atom. The normalized spacial score (nSPS) is 15.9. The first-order valence-electron chi connectivity index (χ1n) is 10.2. The molecular formula is C22H23ClN4O3S. The van der Waals surface area contributed by atoms with Gasteiger partial charge in [-0.1, -0.05) is 35.5 Å². The summed E-state index contributed by atoms with van der Waals surface area (Å²) in [4.78, 5) is 2.23. The van der Waals surface area contributed by atoms with Crippen molar-refractivity contribution in [3.63, 3.8) is 0 Å². The summed E-state index contributed by atoms with van der Waals surface area (Å²) < 4.78 is 19.0. The Balaban J connectivity index is 1.45. The highest BCUT2D eigenvalue weighted by atomic mass is 35.5. The van der Waals surface area contributed by atoms with Gasteiger partial charge in [0.15, 0.2) is 16.7 Å². The number of fused-ring (bicyclic) bond motifs is 1. The monoisotopic (exact) mass is 458 g/mol. The fourth-order valence-electron chi connectivity index (χ4n) is 3.71. The Kier molecular flexibility index (Phi) is 5.93. The zero-order valence-electron chi connectivity index (χ0n) is 17.2. The van der Waals surface area contributed by atoms with E-state index in [-0.39, 0.29) is 0 Å². The molecule has 1 saturated heterocycles. The number of rotatable bonds is 5.